The molecular weight excluding hydrogens is 380 g/mol. The van der Waals surface area contributed by atoms with E-state index >= 15 is 0 Å². The smallest absolute Gasteiger partial charge is 0.340 e. The summed E-state index contributed by atoms with van der Waals surface area (Å²) >= 11 is 1.16. The number of methoxy groups -OCH3 is 1. The molecule has 1 aromatic carbocycles. The number of nitriles is 1. The number of thiophene rings is 1. The molecule has 0 bridgehead atoms. The molecule has 146 valence electrons. The summed E-state index contributed by atoms with van der Waals surface area (Å²) in [7, 11) is 1.26. The molecule has 0 aliphatic carbocycles. The summed E-state index contributed by atoms with van der Waals surface area (Å²) in [6.07, 6.45) is 1.43. The molecule has 7 nitrogen and oxygen atoms in total. The van der Waals surface area contributed by atoms with Gasteiger partial charge in [0.2, 0.25) is 0 Å². The van der Waals surface area contributed by atoms with Crippen LogP contribution in [0.3, 0.4) is 0 Å². The van der Waals surface area contributed by atoms with Gasteiger partial charge in [0.1, 0.15) is 28.1 Å². The van der Waals surface area contributed by atoms with Gasteiger partial charge < -0.3 is 19.5 Å². The van der Waals surface area contributed by atoms with Crippen molar-refractivity contribution in [1.29, 1.82) is 5.26 Å². The van der Waals surface area contributed by atoms with Gasteiger partial charge >= 0.3 is 5.97 Å². The van der Waals surface area contributed by atoms with Crippen LogP contribution in [0.25, 0.3) is 6.08 Å². The maximum Gasteiger partial charge on any atom is 0.340 e. The molecule has 1 aromatic heterocycles. The second kappa shape index (κ2) is 10.1. The Morgan fingerprint density at radius 2 is 1.96 bits per heavy atom. The van der Waals surface area contributed by atoms with E-state index in [0.717, 1.165) is 11.3 Å². The lowest BCUT2D eigenvalue weighted by molar-refractivity contribution is -0.112. The van der Waals surface area contributed by atoms with Gasteiger partial charge in [-0.1, -0.05) is 0 Å². The fourth-order valence-corrected chi connectivity index (χ4v) is 3.09. The highest BCUT2D eigenvalue weighted by atomic mass is 32.1. The SMILES string of the molecule is CCOc1ccc(/C=C(\C#N)C(=O)Nc2sccc2C(=O)OC)c(OCC)c1. The molecule has 1 N–H and O–H groups in total. The molecule has 8 heteroatoms. The maximum atomic E-state index is 12.5. The summed E-state index contributed by atoms with van der Waals surface area (Å²) in [5.41, 5.74) is 0.667. The molecule has 0 radical (unpaired) electrons. The minimum absolute atomic E-state index is 0.130. The van der Waals surface area contributed by atoms with Crippen molar-refractivity contribution in [2.24, 2.45) is 0 Å². The van der Waals surface area contributed by atoms with Crippen molar-refractivity contribution in [1.82, 2.24) is 0 Å². The molecule has 0 saturated carbocycles. The largest absolute Gasteiger partial charge is 0.494 e. The number of rotatable bonds is 8. The van der Waals surface area contributed by atoms with E-state index in [1.54, 1.807) is 29.6 Å². The van der Waals surface area contributed by atoms with E-state index in [1.807, 2.05) is 19.9 Å². The first-order chi connectivity index (χ1) is 13.5. The number of carbonyl (C=O) groups is 2. The minimum Gasteiger partial charge on any atom is -0.494 e. The van der Waals surface area contributed by atoms with Crippen molar-refractivity contribution in [2.45, 2.75) is 13.8 Å². The molecule has 1 heterocycles. The highest BCUT2D eigenvalue weighted by molar-refractivity contribution is 7.14. The van der Waals surface area contributed by atoms with Crippen LogP contribution in [0.5, 0.6) is 11.5 Å². The average molecular weight is 400 g/mol. The number of anilines is 1. The molecule has 0 aliphatic rings. The summed E-state index contributed by atoms with van der Waals surface area (Å²) in [4.78, 5) is 24.3. The van der Waals surface area contributed by atoms with Crippen molar-refractivity contribution in [2.75, 3.05) is 25.6 Å². The van der Waals surface area contributed by atoms with Crippen molar-refractivity contribution >= 4 is 34.3 Å². The van der Waals surface area contributed by atoms with E-state index < -0.39 is 11.9 Å². The van der Waals surface area contributed by atoms with Crippen molar-refractivity contribution < 1.29 is 23.8 Å². The normalized spacial score (nSPS) is 10.7. The van der Waals surface area contributed by atoms with Gasteiger partial charge in [0.05, 0.1) is 25.9 Å². The Kier molecular flexibility index (Phi) is 7.60. The molecular formula is C20H20N2O5S. The van der Waals surface area contributed by atoms with E-state index in [0.29, 0.717) is 35.3 Å². The van der Waals surface area contributed by atoms with Crippen molar-refractivity contribution in [3.63, 3.8) is 0 Å². The first-order valence-corrected chi connectivity index (χ1v) is 9.40. The lowest BCUT2D eigenvalue weighted by Crippen LogP contribution is -2.15. The van der Waals surface area contributed by atoms with Crippen molar-refractivity contribution in [3.05, 3.63) is 46.3 Å². The van der Waals surface area contributed by atoms with Crippen LogP contribution in [-0.4, -0.2) is 32.2 Å². The van der Waals surface area contributed by atoms with Gasteiger partial charge in [-0.2, -0.15) is 5.26 Å². The van der Waals surface area contributed by atoms with Gasteiger partial charge in [-0.15, -0.1) is 11.3 Å². The highest BCUT2D eigenvalue weighted by Crippen LogP contribution is 2.28. The van der Waals surface area contributed by atoms with Crippen molar-refractivity contribution in [3.8, 4) is 17.6 Å². The summed E-state index contributed by atoms with van der Waals surface area (Å²) < 4.78 is 15.7. The monoisotopic (exact) mass is 400 g/mol. The van der Waals surface area contributed by atoms with E-state index in [4.69, 9.17) is 9.47 Å². The Morgan fingerprint density at radius 3 is 2.61 bits per heavy atom. The zero-order valence-corrected chi connectivity index (χ0v) is 16.6. The lowest BCUT2D eigenvalue weighted by atomic mass is 10.1. The minimum atomic E-state index is -0.633. The van der Waals surface area contributed by atoms with Gasteiger partial charge in [-0.25, -0.2) is 4.79 Å². The van der Waals surface area contributed by atoms with Crippen LogP contribution in [0.4, 0.5) is 5.00 Å². The Morgan fingerprint density at radius 1 is 1.21 bits per heavy atom. The van der Waals surface area contributed by atoms with Crippen LogP contribution in [0.1, 0.15) is 29.8 Å². The number of esters is 1. The molecule has 0 unspecified atom stereocenters. The molecule has 28 heavy (non-hydrogen) atoms. The van der Waals surface area contributed by atoms with Crippen LogP contribution < -0.4 is 14.8 Å². The number of benzene rings is 1. The third-order valence-corrected chi connectivity index (χ3v) is 4.39. The van der Waals surface area contributed by atoms with Crippen LogP contribution >= 0.6 is 11.3 Å². The van der Waals surface area contributed by atoms with Crippen LogP contribution in [0, 0.1) is 11.3 Å². The number of hydrogen-bond acceptors (Lipinski definition) is 7. The van der Waals surface area contributed by atoms with E-state index in [9.17, 15) is 14.9 Å². The summed E-state index contributed by atoms with van der Waals surface area (Å²) in [5.74, 6) is -0.0663. The first-order valence-electron chi connectivity index (χ1n) is 8.52. The van der Waals surface area contributed by atoms with Gasteiger partial charge in [0.15, 0.2) is 0 Å². The van der Waals surface area contributed by atoms with Gasteiger partial charge in [0.25, 0.3) is 5.91 Å². The predicted octanol–water partition coefficient (Wildman–Crippen LogP) is 3.88. The summed E-state index contributed by atoms with van der Waals surface area (Å²) in [6.45, 7) is 4.64. The average Bonchev–Trinajstić information content (AvgIpc) is 3.15. The topological polar surface area (TPSA) is 97.7 Å². The summed E-state index contributed by atoms with van der Waals surface area (Å²) in [6, 6.07) is 8.59. The Hall–Kier alpha value is -3.31. The highest BCUT2D eigenvalue weighted by Gasteiger charge is 2.18. The molecule has 1 amide bonds. The first kappa shape index (κ1) is 21.0. The fourth-order valence-electron chi connectivity index (χ4n) is 2.32. The van der Waals surface area contributed by atoms with E-state index in [2.05, 4.69) is 10.1 Å². The van der Waals surface area contributed by atoms with E-state index in [-0.39, 0.29) is 11.1 Å². The second-order valence-corrected chi connectivity index (χ2v) is 6.26. The van der Waals surface area contributed by atoms with Crippen LogP contribution in [-0.2, 0) is 9.53 Å². The molecule has 0 fully saturated rings. The van der Waals surface area contributed by atoms with Gasteiger partial charge in [-0.3, -0.25) is 4.79 Å². The number of amides is 1. The van der Waals surface area contributed by atoms with E-state index in [1.165, 1.54) is 13.2 Å². The number of nitrogens with zero attached hydrogens (tertiary/aromatic N) is 1. The van der Waals surface area contributed by atoms with Crippen LogP contribution in [0.15, 0.2) is 35.2 Å². The predicted molar refractivity (Wildman–Crippen MR) is 107 cm³/mol. The molecule has 2 aromatic rings. The number of hydrogen-bond donors (Lipinski definition) is 1. The second-order valence-electron chi connectivity index (χ2n) is 5.34. The number of ether oxygens (including phenoxy) is 3. The molecule has 0 atom stereocenters. The molecule has 0 saturated heterocycles. The molecule has 0 aliphatic heterocycles. The molecule has 2 rings (SSSR count). The zero-order chi connectivity index (χ0) is 20.5. The fraction of sp³-hybridized carbons (Fsp3) is 0.250. The summed E-state index contributed by atoms with van der Waals surface area (Å²) in [5, 5.41) is 14.0. The zero-order valence-electron chi connectivity index (χ0n) is 15.8. The standard InChI is InChI=1S/C20H20N2O5S/c1-4-26-15-7-6-13(17(11-15)27-5-2)10-14(12-21)18(23)22-19-16(8-9-28-19)20(24)25-3/h6-11H,4-5H2,1-3H3,(H,22,23)/b14-10+. The third kappa shape index (κ3) is 5.11. The lowest BCUT2D eigenvalue weighted by Gasteiger charge is -2.11. The quantitative estimate of drug-likeness (QED) is 0.410. The Bertz CT molecular complexity index is 927. The number of carbonyl (C=O) groups excluding carboxylic acids is 2. The Labute approximate surface area is 167 Å². The van der Waals surface area contributed by atoms with Crippen LogP contribution in [0.2, 0.25) is 0 Å². The van der Waals surface area contributed by atoms with Gasteiger partial charge in [0, 0.05) is 11.6 Å². The maximum absolute atomic E-state index is 12.5. The third-order valence-electron chi connectivity index (χ3n) is 3.56. The van der Waals surface area contributed by atoms with Gasteiger partial charge in [-0.05, 0) is 43.5 Å². The Balaban J connectivity index is 2.31. The molecule has 0 spiro atoms. The number of nitrogens with one attached hydrogen (secondary N) is 1.